The second-order valence-electron chi connectivity index (χ2n) is 7.22. The fraction of sp³-hybridized carbons (Fsp3) is 0.526. The number of hydrogen-bond donors (Lipinski definition) is 2. The summed E-state index contributed by atoms with van der Waals surface area (Å²) in [6.07, 6.45) is 1.90. The lowest BCUT2D eigenvalue weighted by Gasteiger charge is -2.37. The largest absolute Gasteiger partial charge is 0.342 e. The van der Waals surface area contributed by atoms with E-state index in [0.29, 0.717) is 17.7 Å². The lowest BCUT2D eigenvalue weighted by atomic mass is 9.87. The molecule has 0 radical (unpaired) electrons. The Balaban J connectivity index is 0.00000196. The van der Waals surface area contributed by atoms with Gasteiger partial charge in [0.2, 0.25) is 5.91 Å². The monoisotopic (exact) mass is 375 g/mol. The molecule has 1 amide bonds. The molecule has 3 heterocycles. The quantitative estimate of drug-likeness (QED) is 0.860. The predicted octanol–water partition coefficient (Wildman–Crippen LogP) is 2.46. The van der Waals surface area contributed by atoms with E-state index in [1.807, 2.05) is 35.2 Å². The van der Waals surface area contributed by atoms with Gasteiger partial charge in [0.25, 0.3) is 0 Å². The van der Waals surface area contributed by atoms with Crippen LogP contribution in [-0.2, 0) is 4.79 Å². The average molecular weight is 376 g/mol. The zero-order chi connectivity index (χ0) is 17.2. The first-order valence-electron chi connectivity index (χ1n) is 9.19. The fourth-order valence-electron chi connectivity index (χ4n) is 3.70. The number of H-pyrrole nitrogens is 1. The number of rotatable bonds is 4. The van der Waals surface area contributed by atoms with Crippen LogP contribution in [0.15, 0.2) is 30.3 Å². The van der Waals surface area contributed by atoms with Crippen LogP contribution in [0.1, 0.15) is 31.5 Å². The molecule has 0 spiro atoms. The van der Waals surface area contributed by atoms with Crippen LogP contribution < -0.4 is 5.32 Å². The van der Waals surface area contributed by atoms with E-state index < -0.39 is 0 Å². The van der Waals surface area contributed by atoms with E-state index in [0.717, 1.165) is 56.2 Å². The van der Waals surface area contributed by atoms with E-state index >= 15 is 0 Å². The normalized spacial score (nSPS) is 19.5. The smallest absolute Gasteiger partial charge is 0.225 e. The number of aromatic nitrogens is 3. The molecule has 1 aromatic heterocycles. The Labute approximate surface area is 160 Å². The third-order valence-electron chi connectivity index (χ3n) is 5.64. The van der Waals surface area contributed by atoms with Crippen molar-refractivity contribution in [2.75, 3.05) is 26.2 Å². The first kappa shape index (κ1) is 18.9. The van der Waals surface area contributed by atoms with Crippen molar-refractivity contribution in [3.05, 3.63) is 36.2 Å². The summed E-state index contributed by atoms with van der Waals surface area (Å²) >= 11 is 0. The third kappa shape index (κ3) is 3.76. The number of benzene rings is 1. The Morgan fingerprint density at radius 3 is 2.50 bits per heavy atom. The molecule has 2 aliphatic heterocycles. The summed E-state index contributed by atoms with van der Waals surface area (Å²) in [5.74, 6) is 3.00. The van der Waals surface area contributed by atoms with Crippen LogP contribution >= 0.6 is 12.4 Å². The van der Waals surface area contributed by atoms with Gasteiger partial charge in [-0.1, -0.05) is 37.3 Å². The minimum Gasteiger partial charge on any atom is -0.342 e. The molecular weight excluding hydrogens is 350 g/mol. The summed E-state index contributed by atoms with van der Waals surface area (Å²) in [6, 6.07) is 10.0. The van der Waals surface area contributed by atoms with Gasteiger partial charge in [-0.15, -0.1) is 12.4 Å². The van der Waals surface area contributed by atoms with Crippen molar-refractivity contribution in [1.29, 1.82) is 0 Å². The molecule has 2 aromatic rings. The van der Waals surface area contributed by atoms with Crippen LogP contribution in [0.4, 0.5) is 0 Å². The maximum atomic E-state index is 12.6. The highest BCUT2D eigenvalue weighted by Crippen LogP contribution is 2.28. The molecule has 0 saturated carbocycles. The molecule has 1 unspecified atom stereocenters. The molecule has 2 fully saturated rings. The Morgan fingerprint density at radius 2 is 1.88 bits per heavy atom. The number of carbonyl (C=O) groups is 1. The van der Waals surface area contributed by atoms with Crippen molar-refractivity contribution in [2.45, 2.75) is 25.7 Å². The minimum absolute atomic E-state index is 0. The summed E-state index contributed by atoms with van der Waals surface area (Å²) in [4.78, 5) is 19.3. The van der Waals surface area contributed by atoms with E-state index in [2.05, 4.69) is 27.4 Å². The zero-order valence-electron chi connectivity index (χ0n) is 15.0. The maximum Gasteiger partial charge on any atom is 0.225 e. The van der Waals surface area contributed by atoms with Crippen molar-refractivity contribution < 1.29 is 4.79 Å². The predicted molar refractivity (Wildman–Crippen MR) is 103 cm³/mol. The van der Waals surface area contributed by atoms with Crippen molar-refractivity contribution >= 4 is 18.3 Å². The van der Waals surface area contributed by atoms with Crippen molar-refractivity contribution in [3.63, 3.8) is 0 Å². The Morgan fingerprint density at radius 1 is 1.19 bits per heavy atom. The van der Waals surface area contributed by atoms with Gasteiger partial charge in [0.1, 0.15) is 5.82 Å². The number of hydrogen-bond acceptors (Lipinski definition) is 4. The molecule has 7 heteroatoms. The van der Waals surface area contributed by atoms with E-state index in [1.54, 1.807) is 0 Å². The van der Waals surface area contributed by atoms with Gasteiger partial charge in [0.05, 0.1) is 0 Å². The van der Waals surface area contributed by atoms with Gasteiger partial charge in [0, 0.05) is 30.5 Å². The average Bonchev–Trinajstić information content (AvgIpc) is 3.10. The molecule has 2 N–H and O–H groups in total. The molecular formula is C19H26ClN5O. The van der Waals surface area contributed by atoms with Crippen molar-refractivity contribution in [2.24, 2.45) is 11.8 Å². The fourth-order valence-corrected chi connectivity index (χ4v) is 3.70. The molecule has 2 aliphatic rings. The summed E-state index contributed by atoms with van der Waals surface area (Å²) in [5, 5.41) is 10.7. The van der Waals surface area contributed by atoms with Gasteiger partial charge in [-0.25, -0.2) is 4.98 Å². The first-order valence-corrected chi connectivity index (χ1v) is 9.19. The summed E-state index contributed by atoms with van der Waals surface area (Å²) in [7, 11) is 0. The van der Waals surface area contributed by atoms with E-state index in [9.17, 15) is 4.79 Å². The minimum atomic E-state index is 0. The van der Waals surface area contributed by atoms with E-state index in [4.69, 9.17) is 0 Å². The van der Waals surface area contributed by atoms with Gasteiger partial charge in [0.15, 0.2) is 5.82 Å². The number of nitrogens with one attached hydrogen (secondary N) is 2. The Hall–Kier alpha value is -1.92. The standard InChI is InChI=1S/C19H25N5O.ClH/c1-13(16-11-20-12-16)19(25)24-9-7-15(8-10-24)18-21-17(22-23-18)14-5-3-2-4-6-14;/h2-6,13,15-16,20H,7-12H2,1H3,(H,21,22,23);1H. The Bertz CT molecular complexity index is 723. The van der Waals surface area contributed by atoms with Gasteiger partial charge >= 0.3 is 0 Å². The molecule has 140 valence electrons. The number of amides is 1. The highest BCUT2D eigenvalue weighted by atomic mass is 35.5. The van der Waals surface area contributed by atoms with Crippen LogP contribution in [0.3, 0.4) is 0 Å². The molecule has 0 aliphatic carbocycles. The van der Waals surface area contributed by atoms with Crippen LogP contribution in [0, 0.1) is 11.8 Å². The second-order valence-corrected chi connectivity index (χ2v) is 7.22. The molecule has 6 nitrogen and oxygen atoms in total. The maximum absolute atomic E-state index is 12.6. The van der Waals surface area contributed by atoms with E-state index in [1.165, 1.54) is 0 Å². The molecule has 4 rings (SSSR count). The Kier molecular flexibility index (Phi) is 5.94. The van der Waals surface area contributed by atoms with Gasteiger partial charge in [-0.3, -0.25) is 9.89 Å². The van der Waals surface area contributed by atoms with Gasteiger partial charge in [-0.05, 0) is 31.8 Å². The number of piperidine rings is 1. The second kappa shape index (κ2) is 8.18. The topological polar surface area (TPSA) is 73.9 Å². The molecule has 0 bridgehead atoms. The highest BCUT2D eigenvalue weighted by Gasteiger charge is 2.33. The molecule has 1 atom stereocenters. The number of aromatic amines is 1. The van der Waals surface area contributed by atoms with Gasteiger partial charge in [-0.2, -0.15) is 5.10 Å². The number of nitrogens with zero attached hydrogens (tertiary/aromatic N) is 3. The van der Waals surface area contributed by atoms with Crippen LogP contribution in [0.25, 0.3) is 11.4 Å². The van der Waals surface area contributed by atoms with Crippen molar-refractivity contribution in [1.82, 2.24) is 25.4 Å². The lowest BCUT2D eigenvalue weighted by Crippen LogP contribution is -2.51. The highest BCUT2D eigenvalue weighted by molar-refractivity contribution is 5.85. The molecule has 2 saturated heterocycles. The first-order chi connectivity index (χ1) is 12.2. The summed E-state index contributed by atoms with van der Waals surface area (Å²) in [5.41, 5.74) is 1.03. The lowest BCUT2D eigenvalue weighted by molar-refractivity contribution is -0.138. The SMILES string of the molecule is CC(C(=O)N1CCC(c2nc(-c3ccccc3)n[nH]2)CC1)C1CNC1.Cl. The third-order valence-corrected chi connectivity index (χ3v) is 5.64. The molecule has 1 aromatic carbocycles. The van der Waals surface area contributed by atoms with Crippen LogP contribution in [-0.4, -0.2) is 52.2 Å². The number of halogens is 1. The number of likely N-dealkylation sites (tertiary alicyclic amines) is 1. The molecule has 26 heavy (non-hydrogen) atoms. The van der Waals surface area contributed by atoms with Gasteiger partial charge < -0.3 is 10.2 Å². The summed E-state index contributed by atoms with van der Waals surface area (Å²) in [6.45, 7) is 5.65. The van der Waals surface area contributed by atoms with Crippen molar-refractivity contribution in [3.8, 4) is 11.4 Å². The van der Waals surface area contributed by atoms with E-state index in [-0.39, 0.29) is 18.3 Å². The zero-order valence-corrected chi connectivity index (χ0v) is 15.8. The van der Waals surface area contributed by atoms with Crippen LogP contribution in [0.5, 0.6) is 0 Å². The van der Waals surface area contributed by atoms with Crippen LogP contribution in [0.2, 0.25) is 0 Å². The number of carbonyl (C=O) groups excluding carboxylic acids is 1. The summed E-state index contributed by atoms with van der Waals surface area (Å²) < 4.78 is 0.